The summed E-state index contributed by atoms with van der Waals surface area (Å²) in [7, 11) is -1.03. The average Bonchev–Trinajstić information content (AvgIpc) is 2.97. The third kappa shape index (κ3) is 8.72. The van der Waals surface area contributed by atoms with E-state index in [0.717, 1.165) is 28.1 Å². The largest absolute Gasteiger partial charge is 0.497 e. The van der Waals surface area contributed by atoms with Gasteiger partial charge in [0, 0.05) is 25.1 Å². The summed E-state index contributed by atoms with van der Waals surface area (Å²) in [5.74, 6) is -0.133. The summed E-state index contributed by atoms with van der Waals surface area (Å²) in [4.78, 5) is 29.3. The molecule has 0 aliphatic carbocycles. The molecule has 0 aliphatic heterocycles. The maximum atomic E-state index is 14.2. The summed E-state index contributed by atoms with van der Waals surface area (Å²) in [5.41, 5.74) is 1.87. The van der Waals surface area contributed by atoms with Gasteiger partial charge in [0.1, 0.15) is 24.1 Å². The van der Waals surface area contributed by atoms with Crippen molar-refractivity contribution in [3.63, 3.8) is 0 Å². The zero-order valence-corrected chi connectivity index (χ0v) is 25.1. The Labute approximate surface area is 243 Å². The van der Waals surface area contributed by atoms with Crippen molar-refractivity contribution in [2.75, 3.05) is 31.3 Å². The van der Waals surface area contributed by atoms with Crippen LogP contribution in [0.25, 0.3) is 0 Å². The minimum atomic E-state index is -3.93. The van der Waals surface area contributed by atoms with Gasteiger partial charge in [0.2, 0.25) is 21.8 Å². The van der Waals surface area contributed by atoms with Crippen molar-refractivity contribution in [2.24, 2.45) is 0 Å². The third-order valence-electron chi connectivity index (χ3n) is 6.80. The van der Waals surface area contributed by atoms with Crippen LogP contribution in [0.2, 0.25) is 0 Å². The topological polar surface area (TPSA) is 105 Å². The Morgan fingerprint density at radius 2 is 1.51 bits per heavy atom. The lowest BCUT2D eigenvalue weighted by atomic mass is 10.0. The van der Waals surface area contributed by atoms with Crippen molar-refractivity contribution in [1.29, 1.82) is 0 Å². The Balaban J connectivity index is 2.08. The van der Waals surface area contributed by atoms with Gasteiger partial charge in [-0.1, -0.05) is 67.6 Å². The predicted molar refractivity (Wildman–Crippen MR) is 161 cm³/mol. The van der Waals surface area contributed by atoms with Crippen LogP contribution in [0.15, 0.2) is 78.9 Å². The lowest BCUT2D eigenvalue weighted by Crippen LogP contribution is -2.54. The summed E-state index contributed by atoms with van der Waals surface area (Å²) in [6.07, 6.45) is 2.00. The molecule has 0 aromatic heterocycles. The Kier molecular flexibility index (Phi) is 11.2. The van der Waals surface area contributed by atoms with Crippen molar-refractivity contribution in [1.82, 2.24) is 10.2 Å². The first-order chi connectivity index (χ1) is 19.6. The molecule has 2 unspecified atom stereocenters. The molecule has 3 rings (SSSR count). The Morgan fingerprint density at radius 3 is 2.05 bits per heavy atom. The van der Waals surface area contributed by atoms with Crippen molar-refractivity contribution < 1.29 is 27.5 Å². The number of methoxy groups -OCH3 is 2. The summed E-state index contributed by atoms with van der Waals surface area (Å²) < 4.78 is 37.8. The molecular weight excluding hydrogens is 542 g/mol. The zero-order chi connectivity index (χ0) is 30.0. The maximum Gasteiger partial charge on any atom is 0.244 e. The number of hydrogen-bond donors (Lipinski definition) is 1. The molecule has 0 spiro atoms. The second-order valence-corrected chi connectivity index (χ2v) is 11.7. The van der Waals surface area contributed by atoms with E-state index < -0.39 is 28.5 Å². The molecule has 2 atom stereocenters. The molecule has 0 aliphatic rings. The first-order valence-electron chi connectivity index (χ1n) is 13.4. The molecule has 0 heterocycles. The van der Waals surface area contributed by atoms with Crippen molar-refractivity contribution in [2.45, 2.75) is 45.3 Å². The number of carbonyl (C=O) groups is 2. The van der Waals surface area contributed by atoms with Crippen LogP contribution in [0.1, 0.15) is 31.4 Å². The molecule has 1 N–H and O–H groups in total. The monoisotopic (exact) mass is 581 g/mol. The van der Waals surface area contributed by atoms with Crippen LogP contribution in [-0.2, 0) is 32.6 Å². The molecule has 9 nitrogen and oxygen atoms in total. The number of hydrogen-bond acceptors (Lipinski definition) is 6. The molecule has 0 fully saturated rings. The van der Waals surface area contributed by atoms with Gasteiger partial charge in [0.25, 0.3) is 0 Å². The number of nitrogens with zero attached hydrogens (tertiary/aromatic N) is 2. The van der Waals surface area contributed by atoms with E-state index in [9.17, 15) is 18.0 Å². The molecule has 3 aromatic carbocycles. The lowest BCUT2D eigenvalue weighted by Gasteiger charge is -2.34. The number of anilines is 1. The predicted octanol–water partition coefficient (Wildman–Crippen LogP) is 4.02. The highest BCUT2D eigenvalue weighted by atomic mass is 32.2. The quantitative estimate of drug-likeness (QED) is 0.308. The van der Waals surface area contributed by atoms with Crippen LogP contribution in [0.5, 0.6) is 11.5 Å². The fraction of sp³-hybridized carbons (Fsp3) is 0.355. The fourth-order valence-corrected chi connectivity index (χ4v) is 5.21. The zero-order valence-electron chi connectivity index (χ0n) is 24.2. The number of amides is 2. The summed E-state index contributed by atoms with van der Waals surface area (Å²) >= 11 is 0. The Bertz CT molecular complexity index is 1400. The van der Waals surface area contributed by atoms with E-state index >= 15 is 0 Å². The summed E-state index contributed by atoms with van der Waals surface area (Å²) in [5, 5.41) is 3.02. The van der Waals surface area contributed by atoms with Crippen molar-refractivity contribution >= 4 is 27.5 Å². The van der Waals surface area contributed by atoms with E-state index in [4.69, 9.17) is 9.47 Å². The standard InChI is InChI=1S/C31H39N3O6S/c1-6-23(2)32-31(36)28(19-24-13-9-7-10-14-24)33(21-25-15-11-8-12-16-25)30(35)22-34(41(5,37)38)27-18-17-26(39-3)20-29(27)40-4/h7-18,20,23,28H,6,19,21-22H2,1-5H3,(H,32,36). The number of benzene rings is 3. The molecular formula is C31H39N3O6S. The van der Waals surface area contributed by atoms with E-state index in [0.29, 0.717) is 5.75 Å². The number of rotatable bonds is 14. The van der Waals surface area contributed by atoms with E-state index in [-0.39, 0.29) is 36.4 Å². The fourth-order valence-electron chi connectivity index (χ4n) is 4.36. The SMILES string of the molecule is CCC(C)NC(=O)C(Cc1ccccc1)N(Cc1ccccc1)C(=O)CN(c1ccc(OC)cc1OC)S(C)(=O)=O. The van der Waals surface area contributed by atoms with Gasteiger partial charge in [-0.3, -0.25) is 13.9 Å². The number of sulfonamides is 1. The highest BCUT2D eigenvalue weighted by molar-refractivity contribution is 7.92. The minimum absolute atomic E-state index is 0.106. The maximum absolute atomic E-state index is 14.2. The highest BCUT2D eigenvalue weighted by Gasteiger charge is 2.34. The molecule has 10 heteroatoms. The lowest BCUT2D eigenvalue weighted by molar-refractivity contribution is -0.140. The normalized spacial score (nSPS) is 12.6. The smallest absolute Gasteiger partial charge is 0.244 e. The first kappa shape index (κ1) is 31.5. The van der Waals surface area contributed by atoms with Gasteiger partial charge in [0.15, 0.2) is 0 Å². The molecule has 41 heavy (non-hydrogen) atoms. The van der Waals surface area contributed by atoms with Gasteiger partial charge < -0.3 is 19.7 Å². The molecule has 0 saturated heterocycles. The number of nitrogens with one attached hydrogen (secondary N) is 1. The van der Waals surface area contributed by atoms with Gasteiger partial charge in [-0.15, -0.1) is 0 Å². The van der Waals surface area contributed by atoms with E-state index in [1.807, 2.05) is 74.5 Å². The van der Waals surface area contributed by atoms with Crippen LogP contribution < -0.4 is 19.1 Å². The minimum Gasteiger partial charge on any atom is -0.497 e. The Hall–Kier alpha value is -4.05. The molecule has 0 radical (unpaired) electrons. The molecule has 0 saturated carbocycles. The van der Waals surface area contributed by atoms with Gasteiger partial charge in [-0.2, -0.15) is 0 Å². The van der Waals surface area contributed by atoms with Crippen LogP contribution in [0.3, 0.4) is 0 Å². The van der Waals surface area contributed by atoms with Crippen LogP contribution in [-0.4, -0.2) is 64.2 Å². The van der Waals surface area contributed by atoms with Gasteiger partial charge in [-0.25, -0.2) is 8.42 Å². The summed E-state index contributed by atoms with van der Waals surface area (Å²) in [6.45, 7) is 3.46. The second kappa shape index (κ2) is 14.5. The average molecular weight is 582 g/mol. The highest BCUT2D eigenvalue weighted by Crippen LogP contribution is 2.33. The van der Waals surface area contributed by atoms with Gasteiger partial charge >= 0.3 is 0 Å². The molecule has 220 valence electrons. The van der Waals surface area contributed by atoms with Gasteiger partial charge in [-0.05, 0) is 36.6 Å². The summed E-state index contributed by atoms with van der Waals surface area (Å²) in [6, 6.07) is 22.5. The number of carbonyl (C=O) groups excluding carboxylic acids is 2. The first-order valence-corrected chi connectivity index (χ1v) is 15.3. The van der Waals surface area contributed by atoms with E-state index in [1.165, 1.54) is 25.2 Å². The second-order valence-electron chi connectivity index (χ2n) is 9.84. The molecule has 3 aromatic rings. The van der Waals surface area contributed by atoms with Crippen LogP contribution >= 0.6 is 0 Å². The van der Waals surface area contributed by atoms with Gasteiger partial charge in [0.05, 0.1) is 26.2 Å². The Morgan fingerprint density at radius 1 is 0.902 bits per heavy atom. The van der Waals surface area contributed by atoms with E-state index in [2.05, 4.69) is 5.32 Å². The van der Waals surface area contributed by atoms with Crippen LogP contribution in [0, 0.1) is 0 Å². The van der Waals surface area contributed by atoms with Crippen molar-refractivity contribution in [3.8, 4) is 11.5 Å². The molecule has 0 bridgehead atoms. The van der Waals surface area contributed by atoms with E-state index in [1.54, 1.807) is 12.1 Å². The number of ether oxygens (including phenoxy) is 2. The van der Waals surface area contributed by atoms with Crippen molar-refractivity contribution in [3.05, 3.63) is 90.0 Å². The molecule has 2 amide bonds. The third-order valence-corrected chi connectivity index (χ3v) is 7.93. The van der Waals surface area contributed by atoms with Crippen LogP contribution in [0.4, 0.5) is 5.69 Å².